The van der Waals surface area contributed by atoms with Gasteiger partial charge in [-0.2, -0.15) is 9.30 Å². The first kappa shape index (κ1) is 19.0. The highest BCUT2D eigenvalue weighted by molar-refractivity contribution is 7.89. The number of carbonyl (C=O) groups is 1. The largest absolute Gasteiger partial charge is 0.327 e. The number of hydrogen-bond acceptors (Lipinski definition) is 4. The molecule has 1 heterocycles. The smallest absolute Gasteiger partial charge is 0.279 e. The summed E-state index contributed by atoms with van der Waals surface area (Å²) in [6, 6.07) is 6.10. The minimum Gasteiger partial charge on any atom is -0.327 e. The second-order valence-corrected chi connectivity index (χ2v) is 9.42. The number of hydrogen-bond donors (Lipinski definition) is 0. The van der Waals surface area contributed by atoms with E-state index in [9.17, 15) is 13.2 Å². The van der Waals surface area contributed by atoms with E-state index in [1.165, 1.54) is 46.3 Å². The summed E-state index contributed by atoms with van der Waals surface area (Å²) in [6.07, 6.45) is 6.95. The Labute approximate surface area is 157 Å². The van der Waals surface area contributed by atoms with Crippen molar-refractivity contribution >= 4 is 27.3 Å². The van der Waals surface area contributed by atoms with Crippen molar-refractivity contribution in [2.45, 2.75) is 43.0 Å². The third-order valence-corrected chi connectivity index (χ3v) is 7.60. The van der Waals surface area contributed by atoms with E-state index in [1.54, 1.807) is 11.6 Å². The van der Waals surface area contributed by atoms with Gasteiger partial charge in [-0.25, -0.2) is 8.42 Å². The molecule has 0 N–H and O–H groups in total. The Bertz CT molecular complexity index is 937. The van der Waals surface area contributed by atoms with Crippen LogP contribution in [0.2, 0.25) is 0 Å². The molecule has 0 saturated heterocycles. The van der Waals surface area contributed by atoms with Crippen molar-refractivity contribution in [1.82, 2.24) is 8.87 Å². The number of thiazole rings is 1. The minimum atomic E-state index is -3.55. The molecular weight excluding hydrogens is 370 g/mol. The van der Waals surface area contributed by atoms with Gasteiger partial charge in [-0.15, -0.1) is 11.3 Å². The Hall–Kier alpha value is -1.77. The van der Waals surface area contributed by atoms with Gasteiger partial charge in [0.05, 0.1) is 4.90 Å². The average molecular weight is 394 g/mol. The third kappa shape index (κ3) is 3.97. The zero-order valence-corrected chi connectivity index (χ0v) is 16.6. The summed E-state index contributed by atoms with van der Waals surface area (Å²) in [7, 11) is -0.0802. The van der Waals surface area contributed by atoms with Gasteiger partial charge < -0.3 is 4.57 Å². The molecule has 1 aromatic carbocycles. The lowest BCUT2D eigenvalue weighted by molar-refractivity contribution is 0.0997. The van der Waals surface area contributed by atoms with Crippen LogP contribution in [0.25, 0.3) is 0 Å². The molecule has 0 bridgehead atoms. The average Bonchev–Trinajstić information content (AvgIpc) is 3.06. The third-order valence-electron chi connectivity index (χ3n) is 4.82. The van der Waals surface area contributed by atoms with Crippen LogP contribution in [0, 0.1) is 0 Å². The normalized spacial score (nSPS) is 17.0. The predicted molar refractivity (Wildman–Crippen MR) is 101 cm³/mol. The lowest BCUT2D eigenvalue weighted by Gasteiger charge is -2.30. The summed E-state index contributed by atoms with van der Waals surface area (Å²) < 4.78 is 28.9. The van der Waals surface area contributed by atoms with Crippen molar-refractivity contribution in [2.75, 3.05) is 7.05 Å². The van der Waals surface area contributed by atoms with Gasteiger partial charge in [0.15, 0.2) is 4.80 Å². The monoisotopic (exact) mass is 393 g/mol. The highest BCUT2D eigenvalue weighted by Gasteiger charge is 2.29. The molecule has 26 heavy (non-hydrogen) atoms. The van der Waals surface area contributed by atoms with E-state index in [2.05, 4.69) is 4.99 Å². The van der Waals surface area contributed by atoms with Crippen LogP contribution in [0.15, 0.2) is 45.7 Å². The van der Waals surface area contributed by atoms with E-state index in [1.807, 2.05) is 18.6 Å². The van der Waals surface area contributed by atoms with Gasteiger partial charge in [0.25, 0.3) is 5.91 Å². The minimum absolute atomic E-state index is 0.0592. The first-order valence-corrected chi connectivity index (χ1v) is 11.0. The first-order valence-electron chi connectivity index (χ1n) is 8.67. The number of aryl methyl sites for hydroxylation is 1. The SMILES string of the molecule is CN(C1CCCCC1)S(=O)(=O)c1ccc(C(=O)N=c2sccn2C)cc1. The Balaban J connectivity index is 1.80. The highest BCUT2D eigenvalue weighted by atomic mass is 32.2. The van der Waals surface area contributed by atoms with Gasteiger partial charge in [-0.1, -0.05) is 19.3 Å². The fourth-order valence-corrected chi connectivity index (χ4v) is 5.31. The lowest BCUT2D eigenvalue weighted by Crippen LogP contribution is -2.38. The number of sulfonamides is 1. The maximum absolute atomic E-state index is 12.8. The van der Waals surface area contributed by atoms with Gasteiger partial charge in [-0.3, -0.25) is 4.79 Å². The molecule has 8 heteroatoms. The molecule has 1 amide bonds. The van der Waals surface area contributed by atoms with Crippen LogP contribution in [-0.2, 0) is 17.1 Å². The summed E-state index contributed by atoms with van der Waals surface area (Å²) in [4.78, 5) is 17.2. The van der Waals surface area contributed by atoms with Gasteiger partial charge in [0.2, 0.25) is 10.0 Å². The molecule has 1 aliphatic carbocycles. The van der Waals surface area contributed by atoms with Crippen molar-refractivity contribution in [2.24, 2.45) is 12.0 Å². The summed E-state index contributed by atoms with van der Waals surface area (Å²) >= 11 is 1.37. The fourth-order valence-electron chi connectivity index (χ4n) is 3.16. The molecule has 2 aromatic rings. The fraction of sp³-hybridized carbons (Fsp3) is 0.444. The van der Waals surface area contributed by atoms with Crippen LogP contribution in [0.4, 0.5) is 0 Å². The van der Waals surface area contributed by atoms with Gasteiger partial charge in [-0.05, 0) is 37.1 Å². The van der Waals surface area contributed by atoms with Gasteiger partial charge >= 0.3 is 0 Å². The van der Waals surface area contributed by atoms with Gasteiger partial charge in [0, 0.05) is 37.3 Å². The van der Waals surface area contributed by atoms with Crippen molar-refractivity contribution in [3.63, 3.8) is 0 Å². The van der Waals surface area contributed by atoms with Crippen molar-refractivity contribution < 1.29 is 13.2 Å². The molecule has 1 fully saturated rings. The topological polar surface area (TPSA) is 71.7 Å². The zero-order chi connectivity index (χ0) is 18.7. The number of nitrogens with zero attached hydrogens (tertiary/aromatic N) is 3. The predicted octanol–water partition coefficient (Wildman–Crippen LogP) is 2.78. The Kier molecular flexibility index (Phi) is 5.74. The number of benzene rings is 1. The second-order valence-electron chi connectivity index (χ2n) is 6.55. The molecule has 140 valence electrons. The number of carbonyl (C=O) groups excluding carboxylic acids is 1. The Morgan fingerprint density at radius 1 is 1.19 bits per heavy atom. The molecule has 3 rings (SSSR count). The van der Waals surface area contributed by atoms with Gasteiger partial charge in [0.1, 0.15) is 0 Å². The van der Waals surface area contributed by atoms with E-state index >= 15 is 0 Å². The molecule has 1 saturated carbocycles. The molecule has 6 nitrogen and oxygen atoms in total. The highest BCUT2D eigenvalue weighted by Crippen LogP contribution is 2.26. The summed E-state index contributed by atoms with van der Waals surface area (Å²) in [5.41, 5.74) is 0.373. The first-order chi connectivity index (χ1) is 12.4. The lowest BCUT2D eigenvalue weighted by atomic mass is 9.96. The molecule has 0 spiro atoms. The van der Waals surface area contributed by atoms with E-state index in [0.717, 1.165) is 25.7 Å². The Morgan fingerprint density at radius 2 is 1.85 bits per heavy atom. The maximum atomic E-state index is 12.8. The van der Waals surface area contributed by atoms with Crippen LogP contribution in [0.5, 0.6) is 0 Å². The van der Waals surface area contributed by atoms with E-state index in [-0.39, 0.29) is 16.8 Å². The Morgan fingerprint density at radius 3 is 2.42 bits per heavy atom. The van der Waals surface area contributed by atoms with Crippen LogP contribution in [-0.4, -0.2) is 36.3 Å². The van der Waals surface area contributed by atoms with Crippen LogP contribution < -0.4 is 4.80 Å². The number of rotatable bonds is 4. The zero-order valence-electron chi connectivity index (χ0n) is 15.0. The van der Waals surface area contributed by atoms with Crippen molar-refractivity contribution in [1.29, 1.82) is 0 Å². The van der Waals surface area contributed by atoms with Crippen LogP contribution in [0.1, 0.15) is 42.5 Å². The molecule has 0 radical (unpaired) electrons. The molecule has 0 atom stereocenters. The molecule has 1 aliphatic rings. The van der Waals surface area contributed by atoms with E-state index < -0.39 is 10.0 Å². The van der Waals surface area contributed by atoms with Crippen LogP contribution in [0.3, 0.4) is 0 Å². The molecule has 0 aliphatic heterocycles. The second kappa shape index (κ2) is 7.85. The molecular formula is C18H23N3O3S2. The van der Waals surface area contributed by atoms with E-state index in [0.29, 0.717) is 10.4 Å². The standard InChI is InChI=1S/C18H23N3O3S2/c1-20-12-13-25-18(20)19-17(22)14-8-10-16(11-9-14)26(23,24)21(2)15-6-4-3-5-7-15/h8-13,15H,3-7H2,1-2H3. The number of amides is 1. The van der Waals surface area contributed by atoms with Crippen LogP contribution >= 0.6 is 11.3 Å². The molecule has 0 unspecified atom stereocenters. The summed E-state index contributed by atoms with van der Waals surface area (Å²) in [6.45, 7) is 0. The van der Waals surface area contributed by atoms with E-state index in [4.69, 9.17) is 0 Å². The number of aromatic nitrogens is 1. The van der Waals surface area contributed by atoms with Crippen molar-refractivity contribution in [3.8, 4) is 0 Å². The summed E-state index contributed by atoms with van der Waals surface area (Å²) in [5, 5.41) is 1.85. The van der Waals surface area contributed by atoms with Crippen molar-refractivity contribution in [3.05, 3.63) is 46.2 Å². The maximum Gasteiger partial charge on any atom is 0.279 e. The summed E-state index contributed by atoms with van der Waals surface area (Å²) in [5.74, 6) is -0.382. The molecule has 1 aromatic heterocycles. The quantitative estimate of drug-likeness (QED) is 0.802.